The molecule has 0 radical (unpaired) electrons. The number of esters is 1. The van der Waals surface area contributed by atoms with Gasteiger partial charge in [-0.2, -0.15) is 0 Å². The van der Waals surface area contributed by atoms with Crippen molar-refractivity contribution in [3.05, 3.63) is 0 Å². The van der Waals surface area contributed by atoms with E-state index in [2.05, 4.69) is 0 Å². The summed E-state index contributed by atoms with van der Waals surface area (Å²) >= 11 is 0. The van der Waals surface area contributed by atoms with Crippen LogP contribution in [-0.2, 0) is 14.3 Å². The van der Waals surface area contributed by atoms with E-state index in [0.717, 1.165) is 38.9 Å². The van der Waals surface area contributed by atoms with Crippen LogP contribution in [0.1, 0.15) is 25.7 Å². The Morgan fingerprint density at radius 1 is 1.47 bits per heavy atom. The van der Waals surface area contributed by atoms with Crippen molar-refractivity contribution in [1.29, 1.82) is 0 Å². The van der Waals surface area contributed by atoms with E-state index >= 15 is 0 Å². The molecule has 0 aromatic heterocycles. The molecule has 4 heteroatoms. The van der Waals surface area contributed by atoms with E-state index in [1.165, 1.54) is 7.11 Å². The zero-order chi connectivity index (χ0) is 10.9. The summed E-state index contributed by atoms with van der Waals surface area (Å²) in [6.45, 7) is 1.55. The highest BCUT2D eigenvalue weighted by atomic mass is 16.5. The van der Waals surface area contributed by atoms with Crippen LogP contribution in [-0.4, -0.2) is 32.3 Å². The van der Waals surface area contributed by atoms with Crippen molar-refractivity contribution in [2.24, 2.45) is 17.1 Å². The van der Waals surface area contributed by atoms with E-state index in [-0.39, 0.29) is 17.4 Å². The standard InChI is InChI=1S/C11H19NO3/c1-14-10(13)11(4-5-11)9(12)8-2-6-15-7-3-8/h8-9H,2-7,12H2,1H3. The Morgan fingerprint density at radius 2 is 2.07 bits per heavy atom. The van der Waals surface area contributed by atoms with Gasteiger partial charge in [0, 0.05) is 19.3 Å². The lowest BCUT2D eigenvalue weighted by Crippen LogP contribution is -2.45. The van der Waals surface area contributed by atoms with Gasteiger partial charge < -0.3 is 15.2 Å². The van der Waals surface area contributed by atoms with Crippen molar-refractivity contribution in [3.63, 3.8) is 0 Å². The van der Waals surface area contributed by atoms with Crippen molar-refractivity contribution in [2.45, 2.75) is 31.7 Å². The molecule has 2 N–H and O–H groups in total. The van der Waals surface area contributed by atoms with E-state index in [1.807, 2.05) is 0 Å². The maximum Gasteiger partial charge on any atom is 0.313 e. The first-order valence-corrected chi connectivity index (χ1v) is 5.62. The summed E-state index contributed by atoms with van der Waals surface area (Å²) in [5.41, 5.74) is 5.84. The first kappa shape index (κ1) is 10.9. The van der Waals surface area contributed by atoms with Crippen LogP contribution in [0.3, 0.4) is 0 Å². The van der Waals surface area contributed by atoms with Crippen LogP contribution in [0.2, 0.25) is 0 Å². The van der Waals surface area contributed by atoms with Gasteiger partial charge in [-0.1, -0.05) is 0 Å². The minimum Gasteiger partial charge on any atom is -0.469 e. The minimum absolute atomic E-state index is 0.0474. The van der Waals surface area contributed by atoms with Crippen molar-refractivity contribution in [1.82, 2.24) is 0 Å². The highest BCUT2D eigenvalue weighted by Gasteiger charge is 2.57. The van der Waals surface area contributed by atoms with Gasteiger partial charge in [0.1, 0.15) is 0 Å². The third-order valence-electron chi connectivity index (χ3n) is 3.79. The first-order chi connectivity index (χ1) is 7.20. The lowest BCUT2D eigenvalue weighted by Gasteiger charge is -2.32. The lowest BCUT2D eigenvalue weighted by molar-refractivity contribution is -0.149. The molecule has 1 atom stereocenters. The second-order valence-electron chi connectivity index (χ2n) is 4.62. The monoisotopic (exact) mass is 213 g/mol. The second kappa shape index (κ2) is 4.10. The average molecular weight is 213 g/mol. The third-order valence-corrected chi connectivity index (χ3v) is 3.79. The van der Waals surface area contributed by atoms with Gasteiger partial charge in [-0.25, -0.2) is 0 Å². The summed E-state index contributed by atoms with van der Waals surface area (Å²) in [6.07, 6.45) is 3.72. The van der Waals surface area contributed by atoms with Crippen molar-refractivity contribution < 1.29 is 14.3 Å². The van der Waals surface area contributed by atoms with Crippen molar-refractivity contribution in [3.8, 4) is 0 Å². The zero-order valence-electron chi connectivity index (χ0n) is 9.20. The van der Waals surface area contributed by atoms with Crippen LogP contribution < -0.4 is 5.73 Å². The van der Waals surface area contributed by atoms with Crippen LogP contribution in [0.15, 0.2) is 0 Å². The van der Waals surface area contributed by atoms with Gasteiger partial charge in [-0.15, -0.1) is 0 Å². The number of nitrogens with two attached hydrogens (primary N) is 1. The molecule has 1 saturated heterocycles. The Morgan fingerprint density at radius 3 is 2.53 bits per heavy atom. The van der Waals surface area contributed by atoms with Crippen LogP contribution in [0.5, 0.6) is 0 Å². The molecular formula is C11H19NO3. The Kier molecular flexibility index (Phi) is 2.98. The van der Waals surface area contributed by atoms with Gasteiger partial charge in [-0.3, -0.25) is 4.79 Å². The Balaban J connectivity index is 2.00. The molecule has 0 bridgehead atoms. The highest BCUT2D eigenvalue weighted by Crippen LogP contribution is 2.51. The van der Waals surface area contributed by atoms with Crippen LogP contribution in [0, 0.1) is 11.3 Å². The zero-order valence-corrected chi connectivity index (χ0v) is 9.20. The highest BCUT2D eigenvalue weighted by molar-refractivity contribution is 5.80. The molecule has 86 valence electrons. The van der Waals surface area contributed by atoms with Gasteiger partial charge in [-0.05, 0) is 31.6 Å². The van der Waals surface area contributed by atoms with Crippen molar-refractivity contribution >= 4 is 5.97 Å². The predicted octanol–water partition coefficient (Wildman–Crippen LogP) is 0.693. The van der Waals surface area contributed by atoms with E-state index < -0.39 is 0 Å². The van der Waals surface area contributed by atoms with E-state index in [9.17, 15) is 4.79 Å². The summed E-state index contributed by atoms with van der Waals surface area (Å²) < 4.78 is 10.1. The molecular weight excluding hydrogens is 194 g/mol. The first-order valence-electron chi connectivity index (χ1n) is 5.62. The Hall–Kier alpha value is -0.610. The average Bonchev–Trinajstić information content (AvgIpc) is 3.09. The molecule has 2 aliphatic rings. The molecule has 4 nitrogen and oxygen atoms in total. The summed E-state index contributed by atoms with van der Waals surface area (Å²) in [5.74, 6) is 0.293. The van der Waals surface area contributed by atoms with Gasteiger partial charge in [0.15, 0.2) is 0 Å². The van der Waals surface area contributed by atoms with E-state index in [4.69, 9.17) is 15.2 Å². The van der Waals surface area contributed by atoms with Gasteiger partial charge in [0.25, 0.3) is 0 Å². The predicted molar refractivity (Wildman–Crippen MR) is 55.2 cm³/mol. The van der Waals surface area contributed by atoms with Gasteiger partial charge in [0.05, 0.1) is 12.5 Å². The fourth-order valence-electron chi connectivity index (χ4n) is 2.54. The number of hydrogen-bond donors (Lipinski definition) is 1. The van der Waals surface area contributed by atoms with Gasteiger partial charge in [0.2, 0.25) is 0 Å². The largest absolute Gasteiger partial charge is 0.469 e. The number of methoxy groups -OCH3 is 1. The van der Waals surface area contributed by atoms with Crippen LogP contribution >= 0.6 is 0 Å². The molecule has 0 aromatic carbocycles. The Bertz CT molecular complexity index is 244. The fourth-order valence-corrected chi connectivity index (χ4v) is 2.54. The SMILES string of the molecule is COC(=O)C1(C(N)C2CCOCC2)CC1. The fraction of sp³-hybridized carbons (Fsp3) is 0.909. The molecule has 0 aromatic rings. The molecule has 1 aliphatic heterocycles. The molecule has 0 spiro atoms. The number of ether oxygens (including phenoxy) is 2. The quantitative estimate of drug-likeness (QED) is 0.701. The number of carbonyl (C=O) groups excluding carboxylic acids is 1. The summed E-state index contributed by atoms with van der Waals surface area (Å²) in [7, 11) is 1.44. The molecule has 15 heavy (non-hydrogen) atoms. The number of hydrogen-bond acceptors (Lipinski definition) is 4. The van der Waals surface area contributed by atoms with Crippen molar-refractivity contribution in [2.75, 3.05) is 20.3 Å². The molecule has 1 heterocycles. The minimum atomic E-state index is -0.364. The van der Waals surface area contributed by atoms with Crippen LogP contribution in [0.25, 0.3) is 0 Å². The molecule has 0 amide bonds. The Labute approximate surface area is 90.1 Å². The summed E-state index contributed by atoms with van der Waals surface area (Å²) in [6, 6.07) is -0.0474. The molecule has 2 fully saturated rings. The summed E-state index contributed by atoms with van der Waals surface area (Å²) in [4.78, 5) is 11.6. The topological polar surface area (TPSA) is 61.5 Å². The molecule has 1 aliphatic carbocycles. The third kappa shape index (κ3) is 1.88. The maximum absolute atomic E-state index is 11.6. The van der Waals surface area contributed by atoms with Gasteiger partial charge >= 0.3 is 5.97 Å². The molecule has 1 saturated carbocycles. The smallest absolute Gasteiger partial charge is 0.313 e. The maximum atomic E-state index is 11.6. The summed E-state index contributed by atoms with van der Waals surface area (Å²) in [5, 5.41) is 0. The molecule has 2 rings (SSSR count). The molecule has 1 unspecified atom stereocenters. The normalized spacial score (nSPS) is 27.1. The number of rotatable bonds is 3. The van der Waals surface area contributed by atoms with E-state index in [1.54, 1.807) is 0 Å². The second-order valence-corrected chi connectivity index (χ2v) is 4.62. The lowest BCUT2D eigenvalue weighted by atomic mass is 9.82. The van der Waals surface area contributed by atoms with E-state index in [0.29, 0.717) is 5.92 Å². The number of carbonyl (C=O) groups is 1. The van der Waals surface area contributed by atoms with Crippen LogP contribution in [0.4, 0.5) is 0 Å².